The molecule has 1 fully saturated rings. The smallest absolute Gasteiger partial charge is 0.191 e. The summed E-state index contributed by atoms with van der Waals surface area (Å²) in [5, 5.41) is 6.83. The average Bonchev–Trinajstić information content (AvgIpc) is 2.80. The minimum atomic E-state index is 0. The molecule has 0 amide bonds. The van der Waals surface area contributed by atoms with Crippen LogP contribution in [0.25, 0.3) is 0 Å². The van der Waals surface area contributed by atoms with Crippen molar-refractivity contribution < 1.29 is 14.2 Å². The first-order chi connectivity index (χ1) is 14.3. The van der Waals surface area contributed by atoms with Crippen molar-refractivity contribution in [3.05, 3.63) is 60.2 Å². The minimum absolute atomic E-state index is 0. The molecule has 30 heavy (non-hydrogen) atoms. The van der Waals surface area contributed by atoms with E-state index in [-0.39, 0.29) is 29.4 Å². The standard InChI is InChI=1S/C23H31N3O3.HI/c1-24-22(25-14-17-29-21-10-8-20(27-2)9-11-21)26-18-23(12-15-28-16-13-23)19-6-4-3-5-7-19;/h3-11H,12-18H2,1-2H3,(H2,24,25,26);1H. The number of methoxy groups -OCH3 is 1. The van der Waals surface area contributed by atoms with Gasteiger partial charge in [0.15, 0.2) is 5.96 Å². The highest BCUT2D eigenvalue weighted by Gasteiger charge is 2.34. The fourth-order valence-electron chi connectivity index (χ4n) is 3.61. The van der Waals surface area contributed by atoms with Crippen LogP contribution in [0.5, 0.6) is 11.5 Å². The summed E-state index contributed by atoms with van der Waals surface area (Å²) in [6.45, 7) is 3.61. The highest BCUT2D eigenvalue weighted by atomic mass is 127. The van der Waals surface area contributed by atoms with Crippen LogP contribution in [0.1, 0.15) is 18.4 Å². The van der Waals surface area contributed by atoms with Gasteiger partial charge in [0, 0.05) is 32.2 Å². The lowest BCUT2D eigenvalue weighted by molar-refractivity contribution is 0.0514. The van der Waals surface area contributed by atoms with Crippen LogP contribution in [0.4, 0.5) is 0 Å². The Morgan fingerprint density at radius 1 is 1.00 bits per heavy atom. The number of hydrogen-bond donors (Lipinski definition) is 2. The maximum atomic E-state index is 5.77. The fourth-order valence-corrected chi connectivity index (χ4v) is 3.61. The van der Waals surface area contributed by atoms with Crippen LogP contribution in [0.3, 0.4) is 0 Å². The summed E-state index contributed by atoms with van der Waals surface area (Å²) in [6.07, 6.45) is 2.00. The van der Waals surface area contributed by atoms with Gasteiger partial charge in [0.05, 0.1) is 13.7 Å². The summed E-state index contributed by atoms with van der Waals surface area (Å²) in [5.74, 6) is 2.42. The van der Waals surface area contributed by atoms with Crippen LogP contribution in [0.2, 0.25) is 0 Å². The van der Waals surface area contributed by atoms with E-state index in [0.717, 1.165) is 50.1 Å². The Labute approximate surface area is 196 Å². The largest absolute Gasteiger partial charge is 0.497 e. The van der Waals surface area contributed by atoms with Crippen molar-refractivity contribution in [3.63, 3.8) is 0 Å². The molecule has 2 N–H and O–H groups in total. The number of halogens is 1. The van der Waals surface area contributed by atoms with Crippen molar-refractivity contribution >= 4 is 29.9 Å². The van der Waals surface area contributed by atoms with Gasteiger partial charge in [0.25, 0.3) is 0 Å². The Balaban J connectivity index is 0.00000320. The van der Waals surface area contributed by atoms with Crippen LogP contribution < -0.4 is 20.1 Å². The van der Waals surface area contributed by atoms with E-state index in [1.165, 1.54) is 5.56 Å². The Morgan fingerprint density at radius 3 is 2.30 bits per heavy atom. The zero-order valence-electron chi connectivity index (χ0n) is 17.7. The number of guanidine groups is 1. The summed E-state index contributed by atoms with van der Waals surface area (Å²) >= 11 is 0. The fraction of sp³-hybridized carbons (Fsp3) is 0.435. The molecule has 3 rings (SSSR count). The number of rotatable bonds is 8. The molecule has 0 saturated carbocycles. The van der Waals surface area contributed by atoms with Gasteiger partial charge in [-0.1, -0.05) is 30.3 Å². The second-order valence-electron chi connectivity index (χ2n) is 7.14. The molecule has 2 aromatic rings. The van der Waals surface area contributed by atoms with E-state index in [1.54, 1.807) is 14.2 Å². The van der Waals surface area contributed by atoms with Crippen molar-refractivity contribution in [1.29, 1.82) is 0 Å². The molecule has 0 aromatic heterocycles. The van der Waals surface area contributed by atoms with Gasteiger partial charge < -0.3 is 24.8 Å². The molecule has 2 aromatic carbocycles. The SMILES string of the molecule is CN=C(NCCOc1ccc(OC)cc1)NCC1(c2ccccc2)CCOCC1.I. The van der Waals surface area contributed by atoms with Gasteiger partial charge in [0.1, 0.15) is 18.1 Å². The average molecular weight is 525 g/mol. The van der Waals surface area contributed by atoms with Gasteiger partial charge >= 0.3 is 0 Å². The lowest BCUT2D eigenvalue weighted by atomic mass is 9.74. The predicted molar refractivity (Wildman–Crippen MR) is 131 cm³/mol. The highest BCUT2D eigenvalue weighted by molar-refractivity contribution is 14.0. The Morgan fingerprint density at radius 2 is 1.67 bits per heavy atom. The van der Waals surface area contributed by atoms with Gasteiger partial charge in [-0.25, -0.2) is 0 Å². The van der Waals surface area contributed by atoms with Crippen molar-refractivity contribution in [2.24, 2.45) is 4.99 Å². The first-order valence-electron chi connectivity index (χ1n) is 10.1. The quantitative estimate of drug-likeness (QED) is 0.239. The molecule has 0 radical (unpaired) electrons. The van der Waals surface area contributed by atoms with E-state index < -0.39 is 0 Å². The number of benzene rings is 2. The molecular weight excluding hydrogens is 493 g/mol. The molecule has 164 valence electrons. The van der Waals surface area contributed by atoms with Crippen molar-refractivity contribution in [1.82, 2.24) is 10.6 Å². The number of hydrogen-bond acceptors (Lipinski definition) is 4. The molecule has 1 aliphatic rings. The second kappa shape index (κ2) is 12.6. The third-order valence-corrected chi connectivity index (χ3v) is 5.38. The first kappa shape index (κ1) is 24.3. The van der Waals surface area contributed by atoms with Crippen LogP contribution in [0.15, 0.2) is 59.6 Å². The Bertz CT molecular complexity index is 763. The van der Waals surface area contributed by atoms with Crippen LogP contribution >= 0.6 is 24.0 Å². The molecule has 6 nitrogen and oxygen atoms in total. The van der Waals surface area contributed by atoms with E-state index in [9.17, 15) is 0 Å². The molecular formula is C23H32IN3O3. The molecule has 1 aliphatic heterocycles. The second-order valence-corrected chi connectivity index (χ2v) is 7.14. The van der Waals surface area contributed by atoms with E-state index in [1.807, 2.05) is 24.3 Å². The monoisotopic (exact) mass is 525 g/mol. The molecule has 7 heteroatoms. The van der Waals surface area contributed by atoms with Gasteiger partial charge in [-0.15, -0.1) is 24.0 Å². The summed E-state index contributed by atoms with van der Waals surface area (Å²) in [5.41, 5.74) is 1.42. The minimum Gasteiger partial charge on any atom is -0.497 e. The highest BCUT2D eigenvalue weighted by Crippen LogP contribution is 2.34. The maximum absolute atomic E-state index is 5.77. The molecule has 0 aliphatic carbocycles. The van der Waals surface area contributed by atoms with Gasteiger partial charge in [-0.2, -0.15) is 0 Å². The summed E-state index contributed by atoms with van der Waals surface area (Å²) in [7, 11) is 3.44. The molecule has 1 heterocycles. The van der Waals surface area contributed by atoms with Crippen LogP contribution in [0, 0.1) is 0 Å². The van der Waals surface area contributed by atoms with Gasteiger partial charge in [-0.05, 0) is 42.7 Å². The normalized spacial score (nSPS) is 15.6. The van der Waals surface area contributed by atoms with E-state index >= 15 is 0 Å². The lowest BCUT2D eigenvalue weighted by Gasteiger charge is -2.38. The topological polar surface area (TPSA) is 64.1 Å². The third kappa shape index (κ3) is 6.77. The zero-order valence-corrected chi connectivity index (χ0v) is 20.1. The summed E-state index contributed by atoms with van der Waals surface area (Å²) in [4.78, 5) is 4.36. The van der Waals surface area contributed by atoms with E-state index in [0.29, 0.717) is 13.2 Å². The first-order valence-corrected chi connectivity index (χ1v) is 10.1. The Kier molecular flexibility index (Phi) is 10.2. The Hall–Kier alpha value is -2.00. The summed E-state index contributed by atoms with van der Waals surface area (Å²) < 4.78 is 16.5. The van der Waals surface area contributed by atoms with E-state index in [2.05, 4.69) is 46.0 Å². The molecule has 1 saturated heterocycles. The third-order valence-electron chi connectivity index (χ3n) is 5.38. The number of nitrogens with zero attached hydrogens (tertiary/aromatic N) is 1. The molecule has 0 atom stereocenters. The maximum Gasteiger partial charge on any atom is 0.191 e. The lowest BCUT2D eigenvalue weighted by Crippen LogP contribution is -2.48. The van der Waals surface area contributed by atoms with Crippen molar-refractivity contribution in [2.75, 3.05) is 47.1 Å². The number of nitrogens with one attached hydrogen (secondary N) is 2. The van der Waals surface area contributed by atoms with Crippen molar-refractivity contribution in [3.8, 4) is 11.5 Å². The molecule has 0 spiro atoms. The van der Waals surface area contributed by atoms with Gasteiger partial charge in [0.2, 0.25) is 0 Å². The van der Waals surface area contributed by atoms with Gasteiger partial charge in [-0.3, -0.25) is 4.99 Å². The van der Waals surface area contributed by atoms with E-state index in [4.69, 9.17) is 14.2 Å². The molecule has 0 bridgehead atoms. The summed E-state index contributed by atoms with van der Waals surface area (Å²) in [6, 6.07) is 18.3. The number of aliphatic imine (C=N–C) groups is 1. The molecule has 0 unspecified atom stereocenters. The van der Waals surface area contributed by atoms with Crippen molar-refractivity contribution in [2.45, 2.75) is 18.3 Å². The van der Waals surface area contributed by atoms with Crippen LogP contribution in [-0.2, 0) is 10.2 Å². The predicted octanol–water partition coefficient (Wildman–Crippen LogP) is 3.61. The number of ether oxygens (including phenoxy) is 3. The zero-order chi connectivity index (χ0) is 20.4. The van der Waals surface area contributed by atoms with Crippen LogP contribution in [-0.4, -0.2) is 53.0 Å².